The Kier molecular flexibility index (Phi) is 4.54. The standard InChI is InChI=1S/C16H16F2N4O2/c17-11-3-4-13(12(18)7-11)21-16(24)19-5-6-22-9-20-14(8-15(22)23)10-1-2-10/h3-4,7-10H,1-2,5-6H2,(H2,19,21,24). The number of carbonyl (C=O) groups is 1. The Morgan fingerprint density at radius 2 is 2.08 bits per heavy atom. The Hall–Kier alpha value is -2.77. The molecule has 1 heterocycles. The maximum absolute atomic E-state index is 13.4. The highest BCUT2D eigenvalue weighted by atomic mass is 19.1. The fourth-order valence-corrected chi connectivity index (χ4v) is 2.26. The van der Waals surface area contributed by atoms with Crippen molar-refractivity contribution in [3.8, 4) is 0 Å². The largest absolute Gasteiger partial charge is 0.336 e. The third-order valence-corrected chi connectivity index (χ3v) is 3.71. The first-order chi connectivity index (χ1) is 11.5. The van der Waals surface area contributed by atoms with Gasteiger partial charge in [-0.2, -0.15) is 0 Å². The van der Waals surface area contributed by atoms with E-state index in [-0.39, 0.29) is 24.3 Å². The molecule has 0 radical (unpaired) electrons. The summed E-state index contributed by atoms with van der Waals surface area (Å²) >= 11 is 0. The number of aromatic nitrogens is 2. The third kappa shape index (κ3) is 3.95. The van der Waals surface area contributed by atoms with E-state index in [1.54, 1.807) is 0 Å². The van der Waals surface area contributed by atoms with E-state index >= 15 is 0 Å². The molecule has 0 unspecified atom stereocenters. The summed E-state index contributed by atoms with van der Waals surface area (Å²) < 4.78 is 27.6. The highest BCUT2D eigenvalue weighted by molar-refractivity contribution is 5.89. The first kappa shape index (κ1) is 16.1. The Bertz CT molecular complexity index is 818. The quantitative estimate of drug-likeness (QED) is 0.880. The van der Waals surface area contributed by atoms with Crippen molar-refractivity contribution in [2.75, 3.05) is 11.9 Å². The van der Waals surface area contributed by atoms with Crippen molar-refractivity contribution in [3.05, 3.63) is 58.3 Å². The maximum Gasteiger partial charge on any atom is 0.319 e. The zero-order valence-corrected chi connectivity index (χ0v) is 12.8. The molecule has 6 nitrogen and oxygen atoms in total. The van der Waals surface area contributed by atoms with Crippen LogP contribution in [0.4, 0.5) is 19.3 Å². The second-order valence-electron chi connectivity index (χ2n) is 5.62. The van der Waals surface area contributed by atoms with E-state index in [2.05, 4.69) is 15.6 Å². The van der Waals surface area contributed by atoms with E-state index in [4.69, 9.17) is 0 Å². The summed E-state index contributed by atoms with van der Waals surface area (Å²) in [6.07, 6.45) is 3.60. The molecular weight excluding hydrogens is 318 g/mol. The minimum atomic E-state index is -0.860. The molecular formula is C16H16F2N4O2. The minimum Gasteiger partial charge on any atom is -0.336 e. The number of anilines is 1. The molecule has 1 fully saturated rings. The van der Waals surface area contributed by atoms with Gasteiger partial charge in [0, 0.05) is 31.1 Å². The van der Waals surface area contributed by atoms with E-state index in [9.17, 15) is 18.4 Å². The Morgan fingerprint density at radius 1 is 1.29 bits per heavy atom. The van der Waals surface area contributed by atoms with Gasteiger partial charge in [-0.3, -0.25) is 9.36 Å². The first-order valence-corrected chi connectivity index (χ1v) is 7.59. The van der Waals surface area contributed by atoms with Crippen molar-refractivity contribution >= 4 is 11.7 Å². The van der Waals surface area contributed by atoms with E-state index in [1.807, 2.05) is 0 Å². The molecule has 0 bridgehead atoms. The van der Waals surface area contributed by atoms with Crippen LogP contribution in [0.15, 0.2) is 35.4 Å². The summed E-state index contributed by atoms with van der Waals surface area (Å²) in [5.41, 5.74) is 0.522. The number of hydrogen-bond donors (Lipinski definition) is 2. The molecule has 126 valence electrons. The predicted molar refractivity (Wildman–Crippen MR) is 83.9 cm³/mol. The van der Waals surface area contributed by atoms with Gasteiger partial charge in [0.1, 0.15) is 11.6 Å². The van der Waals surface area contributed by atoms with Crippen molar-refractivity contribution in [2.45, 2.75) is 25.3 Å². The smallest absolute Gasteiger partial charge is 0.319 e. The van der Waals surface area contributed by atoms with E-state index in [1.165, 1.54) is 17.0 Å². The van der Waals surface area contributed by atoms with Crippen LogP contribution in [0.25, 0.3) is 0 Å². The van der Waals surface area contributed by atoms with Crippen LogP contribution in [0.3, 0.4) is 0 Å². The average molecular weight is 334 g/mol. The normalized spacial score (nSPS) is 13.6. The zero-order chi connectivity index (χ0) is 17.1. The molecule has 1 aromatic heterocycles. The lowest BCUT2D eigenvalue weighted by molar-refractivity contribution is 0.251. The second-order valence-corrected chi connectivity index (χ2v) is 5.62. The van der Waals surface area contributed by atoms with Crippen LogP contribution in [0.2, 0.25) is 0 Å². The number of nitrogens with one attached hydrogen (secondary N) is 2. The summed E-state index contributed by atoms with van der Waals surface area (Å²) in [4.78, 5) is 27.9. The number of hydrogen-bond acceptors (Lipinski definition) is 3. The number of nitrogens with zero attached hydrogens (tertiary/aromatic N) is 2. The fraction of sp³-hybridized carbons (Fsp3) is 0.312. The summed E-state index contributed by atoms with van der Waals surface area (Å²) in [6.45, 7) is 0.412. The van der Waals surface area contributed by atoms with Crippen LogP contribution >= 0.6 is 0 Å². The van der Waals surface area contributed by atoms with Crippen LogP contribution in [0.1, 0.15) is 24.5 Å². The molecule has 24 heavy (non-hydrogen) atoms. The third-order valence-electron chi connectivity index (χ3n) is 3.71. The molecule has 1 aromatic carbocycles. The highest BCUT2D eigenvalue weighted by Gasteiger charge is 2.25. The molecule has 3 rings (SSSR count). The van der Waals surface area contributed by atoms with Crippen molar-refractivity contribution in [3.63, 3.8) is 0 Å². The molecule has 1 aliphatic rings. The SMILES string of the molecule is O=C(NCCn1cnc(C2CC2)cc1=O)Nc1ccc(F)cc1F. The Balaban J connectivity index is 1.50. The maximum atomic E-state index is 13.4. The zero-order valence-electron chi connectivity index (χ0n) is 12.8. The number of benzene rings is 1. The summed E-state index contributed by atoms with van der Waals surface area (Å²) in [6, 6.07) is 3.74. The highest BCUT2D eigenvalue weighted by Crippen LogP contribution is 2.38. The van der Waals surface area contributed by atoms with Gasteiger partial charge in [-0.1, -0.05) is 0 Å². The summed E-state index contributed by atoms with van der Waals surface area (Å²) in [5.74, 6) is -1.18. The number of rotatable bonds is 5. The number of halogens is 2. The van der Waals surface area contributed by atoms with Gasteiger partial charge in [0.25, 0.3) is 5.56 Å². The van der Waals surface area contributed by atoms with Crippen molar-refractivity contribution < 1.29 is 13.6 Å². The molecule has 0 spiro atoms. The molecule has 0 saturated heterocycles. The van der Waals surface area contributed by atoms with Crippen LogP contribution in [0, 0.1) is 11.6 Å². The van der Waals surface area contributed by atoms with Crippen molar-refractivity contribution in [1.29, 1.82) is 0 Å². The molecule has 1 aliphatic carbocycles. The van der Waals surface area contributed by atoms with Gasteiger partial charge >= 0.3 is 6.03 Å². The van der Waals surface area contributed by atoms with Crippen LogP contribution in [0.5, 0.6) is 0 Å². The van der Waals surface area contributed by atoms with E-state index in [0.717, 1.165) is 30.7 Å². The number of amides is 2. The van der Waals surface area contributed by atoms with Crippen LogP contribution in [-0.2, 0) is 6.54 Å². The van der Waals surface area contributed by atoms with Crippen LogP contribution in [-0.4, -0.2) is 22.1 Å². The Labute approximate surface area is 136 Å². The first-order valence-electron chi connectivity index (χ1n) is 7.59. The topological polar surface area (TPSA) is 76.0 Å². The van der Waals surface area contributed by atoms with Gasteiger partial charge in [0.15, 0.2) is 0 Å². The molecule has 0 aliphatic heterocycles. The molecule has 2 amide bonds. The predicted octanol–water partition coefficient (Wildman–Crippen LogP) is 2.22. The van der Waals surface area contributed by atoms with E-state index in [0.29, 0.717) is 12.0 Å². The monoisotopic (exact) mass is 334 g/mol. The van der Waals surface area contributed by atoms with Gasteiger partial charge in [0.05, 0.1) is 17.7 Å². The van der Waals surface area contributed by atoms with Crippen molar-refractivity contribution in [1.82, 2.24) is 14.9 Å². The molecule has 2 aromatic rings. The average Bonchev–Trinajstić information content (AvgIpc) is 3.36. The summed E-state index contributed by atoms with van der Waals surface area (Å²) in [5, 5.41) is 4.78. The fourth-order valence-electron chi connectivity index (χ4n) is 2.26. The van der Waals surface area contributed by atoms with Gasteiger partial charge in [-0.25, -0.2) is 18.6 Å². The van der Waals surface area contributed by atoms with Gasteiger partial charge < -0.3 is 10.6 Å². The van der Waals surface area contributed by atoms with E-state index < -0.39 is 17.7 Å². The lowest BCUT2D eigenvalue weighted by Gasteiger charge is -2.10. The number of urea groups is 1. The molecule has 8 heteroatoms. The lowest BCUT2D eigenvalue weighted by atomic mass is 10.3. The second kappa shape index (κ2) is 6.77. The molecule has 1 saturated carbocycles. The molecule has 0 atom stereocenters. The van der Waals surface area contributed by atoms with Crippen molar-refractivity contribution in [2.24, 2.45) is 0 Å². The Morgan fingerprint density at radius 3 is 2.75 bits per heavy atom. The summed E-state index contributed by atoms with van der Waals surface area (Å²) in [7, 11) is 0. The number of carbonyl (C=O) groups excluding carboxylic acids is 1. The van der Waals surface area contributed by atoms with Gasteiger partial charge in [-0.05, 0) is 25.0 Å². The lowest BCUT2D eigenvalue weighted by Crippen LogP contribution is -2.34. The van der Waals surface area contributed by atoms with Gasteiger partial charge in [-0.15, -0.1) is 0 Å². The minimum absolute atomic E-state index is 0.124. The molecule has 2 N–H and O–H groups in total. The van der Waals surface area contributed by atoms with Gasteiger partial charge in [0.2, 0.25) is 0 Å². The van der Waals surface area contributed by atoms with Crippen LogP contribution < -0.4 is 16.2 Å².